The van der Waals surface area contributed by atoms with Crippen molar-refractivity contribution >= 4 is 17.3 Å². The minimum atomic E-state index is -0.692. The van der Waals surface area contributed by atoms with Gasteiger partial charge in [-0.3, -0.25) is 9.55 Å². The molecule has 0 aliphatic heterocycles. The van der Waals surface area contributed by atoms with E-state index in [0.717, 1.165) is 10.1 Å². The zero-order valence-corrected chi connectivity index (χ0v) is 18.4. The van der Waals surface area contributed by atoms with Gasteiger partial charge in [-0.25, -0.2) is 19.1 Å². The first-order valence-electron chi connectivity index (χ1n) is 10.2. The summed E-state index contributed by atoms with van der Waals surface area (Å²) < 4.78 is 21.0. The first-order chi connectivity index (χ1) is 16.4. The molecule has 0 saturated carbocycles. The van der Waals surface area contributed by atoms with E-state index >= 15 is 0 Å². The first kappa shape index (κ1) is 23.1. The predicted octanol–water partition coefficient (Wildman–Crippen LogP) is 2.59. The van der Waals surface area contributed by atoms with Crippen molar-refractivity contribution in [2.45, 2.75) is 13.1 Å². The summed E-state index contributed by atoms with van der Waals surface area (Å²) in [6.45, 7) is -0.416. The molecule has 0 aliphatic rings. The van der Waals surface area contributed by atoms with Crippen LogP contribution in [0.5, 0.6) is 11.6 Å². The number of hydrogen-bond acceptors (Lipinski definition) is 6. The number of H-pyrrole nitrogens is 1. The van der Waals surface area contributed by atoms with Crippen LogP contribution in [0.15, 0.2) is 81.3 Å². The summed E-state index contributed by atoms with van der Waals surface area (Å²) in [7, 11) is 0. The van der Waals surface area contributed by atoms with Gasteiger partial charge in [0.25, 0.3) is 0 Å². The van der Waals surface area contributed by atoms with Gasteiger partial charge in [0.1, 0.15) is 5.75 Å². The lowest BCUT2D eigenvalue weighted by Gasteiger charge is -2.10. The summed E-state index contributed by atoms with van der Waals surface area (Å²) in [5.41, 5.74) is -0.0956. The summed E-state index contributed by atoms with van der Waals surface area (Å²) in [6, 6.07) is 17.5. The number of nitrogens with zero attached hydrogens (tertiary/aromatic N) is 4. The molecule has 0 unspecified atom stereocenters. The number of rotatable bonds is 7. The molecule has 0 fully saturated rings. The number of aromatic amines is 1. The second kappa shape index (κ2) is 10.3. The van der Waals surface area contributed by atoms with Gasteiger partial charge in [-0.1, -0.05) is 29.8 Å². The van der Waals surface area contributed by atoms with E-state index in [1.54, 1.807) is 48.5 Å². The third-order valence-electron chi connectivity index (χ3n) is 4.74. The molecule has 34 heavy (non-hydrogen) atoms. The molecule has 4 rings (SSSR count). The van der Waals surface area contributed by atoms with E-state index in [1.807, 2.05) is 0 Å². The van der Waals surface area contributed by atoms with Crippen LogP contribution in [0.2, 0.25) is 5.02 Å². The Balaban J connectivity index is 1.72. The van der Waals surface area contributed by atoms with Crippen LogP contribution in [0, 0.1) is 5.95 Å². The van der Waals surface area contributed by atoms with Crippen LogP contribution in [0.3, 0.4) is 0 Å². The van der Waals surface area contributed by atoms with Crippen molar-refractivity contribution in [3.05, 3.63) is 110 Å². The minimum Gasteiger partial charge on any atom is -0.439 e. The highest BCUT2D eigenvalue weighted by atomic mass is 35.5. The SMILES string of the molecule is O=c1[nH]/c(=N\c2ccc(Oc3cccc(F)n3)cc2)n(Cc2ccc(Cl)cc2)c(=O)n1CCO. The second-order valence-electron chi connectivity index (χ2n) is 7.13. The predicted molar refractivity (Wildman–Crippen MR) is 123 cm³/mol. The monoisotopic (exact) mass is 483 g/mol. The topological polar surface area (TPSA) is 115 Å². The van der Waals surface area contributed by atoms with Gasteiger partial charge >= 0.3 is 11.4 Å². The molecule has 0 radical (unpaired) electrons. The summed E-state index contributed by atoms with van der Waals surface area (Å²) >= 11 is 5.94. The molecule has 0 spiro atoms. The molecule has 9 nitrogen and oxygen atoms in total. The fourth-order valence-electron chi connectivity index (χ4n) is 3.13. The fraction of sp³-hybridized carbons (Fsp3) is 0.130. The van der Waals surface area contributed by atoms with Crippen molar-refractivity contribution in [3.8, 4) is 11.6 Å². The molecule has 174 valence electrons. The van der Waals surface area contributed by atoms with Gasteiger partial charge in [-0.15, -0.1) is 0 Å². The van der Waals surface area contributed by atoms with E-state index < -0.39 is 17.3 Å². The highest BCUT2D eigenvalue weighted by molar-refractivity contribution is 6.30. The van der Waals surface area contributed by atoms with Crippen LogP contribution in [0.1, 0.15) is 5.56 Å². The summed E-state index contributed by atoms with van der Waals surface area (Å²) in [4.78, 5) is 36.1. The molecule has 2 N–H and O–H groups in total. The van der Waals surface area contributed by atoms with Crippen molar-refractivity contribution < 1.29 is 14.2 Å². The maximum absolute atomic E-state index is 13.2. The third-order valence-corrected chi connectivity index (χ3v) is 4.99. The fourth-order valence-corrected chi connectivity index (χ4v) is 3.26. The van der Waals surface area contributed by atoms with Crippen molar-refractivity contribution in [2.75, 3.05) is 6.61 Å². The normalized spacial score (nSPS) is 11.6. The van der Waals surface area contributed by atoms with Crippen LogP contribution in [0.25, 0.3) is 0 Å². The number of benzene rings is 2. The van der Waals surface area contributed by atoms with Gasteiger partial charge in [0.05, 0.1) is 25.4 Å². The molecule has 0 saturated heterocycles. The van der Waals surface area contributed by atoms with Gasteiger partial charge in [-0.05, 0) is 48.0 Å². The average molecular weight is 484 g/mol. The quantitative estimate of drug-likeness (QED) is 0.392. The molecule has 0 aliphatic carbocycles. The largest absolute Gasteiger partial charge is 0.439 e. The summed E-state index contributed by atoms with van der Waals surface area (Å²) in [5, 5.41) is 9.78. The van der Waals surface area contributed by atoms with Crippen molar-refractivity contribution in [1.82, 2.24) is 19.1 Å². The summed E-state index contributed by atoms with van der Waals surface area (Å²) in [5.74, 6) is -0.158. The maximum atomic E-state index is 13.2. The Morgan fingerprint density at radius 1 is 1.03 bits per heavy atom. The lowest BCUT2D eigenvalue weighted by Crippen LogP contribution is -2.50. The van der Waals surface area contributed by atoms with E-state index in [1.165, 1.54) is 22.8 Å². The van der Waals surface area contributed by atoms with Crippen LogP contribution in [-0.2, 0) is 13.1 Å². The number of pyridine rings is 1. The number of ether oxygens (including phenoxy) is 1. The Kier molecular flexibility index (Phi) is 7.00. The summed E-state index contributed by atoms with van der Waals surface area (Å²) in [6.07, 6.45) is 0. The number of aromatic nitrogens is 4. The number of halogens is 2. The van der Waals surface area contributed by atoms with E-state index in [9.17, 15) is 19.1 Å². The second-order valence-corrected chi connectivity index (χ2v) is 7.57. The molecular weight excluding hydrogens is 465 g/mol. The van der Waals surface area contributed by atoms with Gasteiger partial charge < -0.3 is 9.84 Å². The molecule has 2 aromatic heterocycles. The van der Waals surface area contributed by atoms with Gasteiger partial charge in [0.15, 0.2) is 0 Å². The van der Waals surface area contributed by atoms with Gasteiger partial charge in [0, 0.05) is 11.1 Å². The van der Waals surface area contributed by atoms with Crippen LogP contribution in [0.4, 0.5) is 10.1 Å². The van der Waals surface area contributed by atoms with Crippen molar-refractivity contribution in [3.63, 3.8) is 0 Å². The van der Waals surface area contributed by atoms with E-state index in [0.29, 0.717) is 16.5 Å². The lowest BCUT2D eigenvalue weighted by molar-refractivity contribution is 0.268. The van der Waals surface area contributed by atoms with E-state index in [4.69, 9.17) is 16.3 Å². The molecule has 0 bridgehead atoms. The molecule has 0 atom stereocenters. The molecule has 0 amide bonds. The van der Waals surface area contributed by atoms with Crippen LogP contribution >= 0.6 is 11.6 Å². The van der Waals surface area contributed by atoms with Crippen LogP contribution in [-0.4, -0.2) is 30.8 Å². The maximum Gasteiger partial charge on any atom is 0.335 e. The smallest absolute Gasteiger partial charge is 0.335 e. The Morgan fingerprint density at radius 3 is 2.44 bits per heavy atom. The Hall–Kier alpha value is -4.02. The minimum absolute atomic E-state index is 0.0274. The highest BCUT2D eigenvalue weighted by Gasteiger charge is 2.10. The average Bonchev–Trinajstić information content (AvgIpc) is 2.82. The number of nitrogens with one attached hydrogen (secondary N) is 1. The van der Waals surface area contributed by atoms with Crippen molar-refractivity contribution in [1.29, 1.82) is 0 Å². The molecule has 4 aromatic rings. The first-order valence-corrected chi connectivity index (χ1v) is 10.6. The van der Waals surface area contributed by atoms with Crippen molar-refractivity contribution in [2.24, 2.45) is 4.99 Å². The zero-order valence-electron chi connectivity index (χ0n) is 17.7. The molecule has 11 heteroatoms. The molecular formula is C23H19ClFN5O4. The Bertz CT molecular complexity index is 1480. The lowest BCUT2D eigenvalue weighted by atomic mass is 10.2. The van der Waals surface area contributed by atoms with E-state index in [2.05, 4.69) is 15.0 Å². The molecule has 2 aromatic carbocycles. The Morgan fingerprint density at radius 2 is 1.76 bits per heavy atom. The third kappa shape index (κ3) is 5.48. The number of aliphatic hydroxyl groups excluding tert-OH is 1. The standard InChI is InChI=1S/C23H19ClFN5O4/c24-16-6-4-15(5-7-16)14-30-21(28-22(32)29(12-13-31)23(30)33)26-17-8-10-18(11-9-17)34-20-3-1-2-19(25)27-20/h1-11,31H,12-14H2,(H,26,28,32). The highest BCUT2D eigenvalue weighted by Crippen LogP contribution is 2.22. The zero-order chi connectivity index (χ0) is 24.1. The molecule has 2 heterocycles. The van der Waals surface area contributed by atoms with Gasteiger partial charge in [0.2, 0.25) is 17.4 Å². The number of hydrogen-bond donors (Lipinski definition) is 2. The Labute approximate surface area is 197 Å². The van der Waals surface area contributed by atoms with E-state index in [-0.39, 0.29) is 31.2 Å². The van der Waals surface area contributed by atoms with Crippen LogP contribution < -0.4 is 21.7 Å². The number of aliphatic hydroxyl groups is 1. The van der Waals surface area contributed by atoms with Gasteiger partial charge in [-0.2, -0.15) is 9.37 Å².